The molecule has 6 N–H and O–H groups in total. The number of carbonyl (C=O) groups excluding carboxylic acids is 2. The molecule has 9 nitrogen and oxygen atoms in total. The van der Waals surface area contributed by atoms with Crippen molar-refractivity contribution in [3.63, 3.8) is 0 Å². The number of hydrogen-bond donors (Lipinski definition) is 5. The summed E-state index contributed by atoms with van der Waals surface area (Å²) < 4.78 is 0. The summed E-state index contributed by atoms with van der Waals surface area (Å²) in [4.78, 5) is 43.9. The molecule has 0 aliphatic rings. The number of nitrogens with two attached hydrogens (primary N) is 1. The van der Waals surface area contributed by atoms with Crippen LogP contribution >= 0.6 is 0 Å². The minimum atomic E-state index is -1.20. The molecule has 9 heteroatoms. The Hall–Kier alpha value is -2.16. The van der Waals surface area contributed by atoms with Crippen LogP contribution < -0.4 is 16.4 Å². The van der Waals surface area contributed by atoms with Crippen LogP contribution in [0.4, 0.5) is 0 Å². The van der Waals surface area contributed by atoms with E-state index in [1.807, 2.05) is 0 Å². The fourth-order valence-electron chi connectivity index (χ4n) is 1.32. The highest BCUT2D eigenvalue weighted by atomic mass is 16.4. The number of carboxylic acid groups (broad SMARTS) is 2. The molecule has 0 aromatic carbocycles. The summed E-state index contributed by atoms with van der Waals surface area (Å²) in [5.74, 6) is -3.51. The fourth-order valence-corrected chi connectivity index (χ4v) is 1.32. The van der Waals surface area contributed by atoms with Gasteiger partial charge in [-0.1, -0.05) is 6.92 Å². The van der Waals surface area contributed by atoms with Gasteiger partial charge in [-0.2, -0.15) is 0 Å². The third kappa shape index (κ3) is 7.31. The minimum absolute atomic E-state index is 0.0473. The Morgan fingerprint density at radius 3 is 2.25 bits per heavy atom. The molecule has 0 rings (SSSR count). The lowest BCUT2D eigenvalue weighted by atomic mass is 10.1. The van der Waals surface area contributed by atoms with Gasteiger partial charge < -0.3 is 26.6 Å². The van der Waals surface area contributed by atoms with Crippen molar-refractivity contribution in [1.82, 2.24) is 10.6 Å². The fraction of sp³-hybridized carbons (Fsp3) is 0.636. The normalized spacial score (nSPS) is 13.1. The third-order valence-electron chi connectivity index (χ3n) is 2.47. The minimum Gasteiger partial charge on any atom is -0.480 e. The summed E-state index contributed by atoms with van der Waals surface area (Å²) in [5, 5.41) is 21.5. The van der Waals surface area contributed by atoms with Gasteiger partial charge in [0.25, 0.3) is 0 Å². The number of rotatable bonds is 9. The lowest BCUT2D eigenvalue weighted by molar-refractivity contribution is -0.139. The van der Waals surface area contributed by atoms with Crippen molar-refractivity contribution in [1.29, 1.82) is 0 Å². The summed E-state index contributed by atoms with van der Waals surface area (Å²) in [6, 6.07) is -2.00. The summed E-state index contributed by atoms with van der Waals surface area (Å²) in [6.07, 6.45) is 0.104. The number of hydrogen-bond acceptors (Lipinski definition) is 5. The van der Waals surface area contributed by atoms with Gasteiger partial charge in [-0.3, -0.25) is 19.2 Å². The van der Waals surface area contributed by atoms with Crippen LogP contribution in [-0.4, -0.2) is 52.6 Å². The second kappa shape index (κ2) is 8.86. The van der Waals surface area contributed by atoms with Crippen LogP contribution in [0.5, 0.6) is 0 Å². The molecular weight excluding hydrogens is 270 g/mol. The number of amides is 2. The Morgan fingerprint density at radius 2 is 1.80 bits per heavy atom. The van der Waals surface area contributed by atoms with Crippen molar-refractivity contribution >= 4 is 23.8 Å². The molecule has 0 heterocycles. The predicted molar refractivity (Wildman–Crippen MR) is 67.7 cm³/mol. The molecule has 0 saturated carbocycles. The van der Waals surface area contributed by atoms with Gasteiger partial charge in [-0.25, -0.2) is 0 Å². The standard InChI is InChI=1S/C11H19N3O6/c1-2-7(10(18)13-5-9(16)17)14-8(15)4-3-6(12)11(19)20/h6-7H,2-5,12H2,1H3,(H,13,18)(H,14,15)(H,16,17)(H,19,20)/t6-,7+/m1/s1. The second-order valence-electron chi connectivity index (χ2n) is 4.12. The molecule has 0 aromatic rings. The molecule has 2 atom stereocenters. The quantitative estimate of drug-likeness (QED) is 0.337. The zero-order valence-corrected chi connectivity index (χ0v) is 11.1. The van der Waals surface area contributed by atoms with Crippen molar-refractivity contribution in [3.8, 4) is 0 Å². The van der Waals surface area contributed by atoms with Gasteiger partial charge in [-0.15, -0.1) is 0 Å². The van der Waals surface area contributed by atoms with Gasteiger partial charge >= 0.3 is 11.9 Å². The lowest BCUT2D eigenvalue weighted by Gasteiger charge is -2.16. The molecule has 0 saturated heterocycles. The smallest absolute Gasteiger partial charge is 0.322 e. The second-order valence-corrected chi connectivity index (χ2v) is 4.12. The van der Waals surface area contributed by atoms with E-state index in [9.17, 15) is 19.2 Å². The van der Waals surface area contributed by atoms with E-state index in [1.165, 1.54) is 0 Å². The number of carboxylic acids is 2. The summed E-state index contributed by atoms with van der Waals surface area (Å²) in [6.45, 7) is 1.11. The Morgan fingerprint density at radius 1 is 1.20 bits per heavy atom. The van der Waals surface area contributed by atoms with Crippen molar-refractivity contribution in [2.75, 3.05) is 6.54 Å². The summed E-state index contributed by atoms with van der Waals surface area (Å²) in [7, 11) is 0. The van der Waals surface area contributed by atoms with Gasteiger partial charge in [-0.05, 0) is 12.8 Å². The van der Waals surface area contributed by atoms with E-state index < -0.39 is 42.4 Å². The SMILES string of the molecule is CC[C@H](NC(=O)CC[C@@H](N)C(=O)O)C(=O)NCC(=O)O. The van der Waals surface area contributed by atoms with Crippen molar-refractivity contribution in [2.24, 2.45) is 5.73 Å². The largest absolute Gasteiger partial charge is 0.480 e. The van der Waals surface area contributed by atoms with Gasteiger partial charge in [0.1, 0.15) is 18.6 Å². The predicted octanol–water partition coefficient (Wildman–Crippen LogP) is -1.73. The Bertz CT molecular complexity index is 384. The Kier molecular flexibility index (Phi) is 7.90. The van der Waals surface area contributed by atoms with Crippen molar-refractivity contribution < 1.29 is 29.4 Å². The van der Waals surface area contributed by atoms with E-state index in [0.29, 0.717) is 0 Å². The summed E-state index contributed by atoms with van der Waals surface area (Å²) in [5.41, 5.74) is 5.24. The van der Waals surface area contributed by atoms with E-state index in [4.69, 9.17) is 15.9 Å². The zero-order chi connectivity index (χ0) is 15.7. The first-order valence-electron chi connectivity index (χ1n) is 6.05. The summed E-state index contributed by atoms with van der Waals surface area (Å²) >= 11 is 0. The highest BCUT2D eigenvalue weighted by Crippen LogP contribution is 1.98. The first kappa shape index (κ1) is 17.8. The molecule has 0 radical (unpaired) electrons. The number of aliphatic carboxylic acids is 2. The monoisotopic (exact) mass is 289 g/mol. The van der Waals surface area contributed by atoms with E-state index in [-0.39, 0.29) is 19.3 Å². The van der Waals surface area contributed by atoms with Crippen LogP contribution in [0.3, 0.4) is 0 Å². The average Bonchev–Trinajstić information content (AvgIpc) is 2.38. The molecule has 0 unspecified atom stereocenters. The van der Waals surface area contributed by atoms with E-state index in [0.717, 1.165) is 0 Å². The Balaban J connectivity index is 4.21. The maximum Gasteiger partial charge on any atom is 0.322 e. The maximum atomic E-state index is 11.6. The highest BCUT2D eigenvalue weighted by molar-refractivity contribution is 5.89. The molecule has 0 bridgehead atoms. The van der Waals surface area contributed by atoms with Gasteiger partial charge in [0.15, 0.2) is 0 Å². The topological polar surface area (TPSA) is 159 Å². The highest BCUT2D eigenvalue weighted by Gasteiger charge is 2.20. The van der Waals surface area contributed by atoms with E-state index in [2.05, 4.69) is 10.6 Å². The molecule has 0 spiro atoms. The van der Waals surface area contributed by atoms with E-state index >= 15 is 0 Å². The molecule has 0 aromatic heterocycles. The molecule has 0 fully saturated rings. The van der Waals surface area contributed by atoms with Crippen molar-refractivity contribution in [2.45, 2.75) is 38.3 Å². The van der Waals surface area contributed by atoms with Crippen LogP contribution in [0.2, 0.25) is 0 Å². The molecule has 114 valence electrons. The van der Waals surface area contributed by atoms with Crippen LogP contribution in [0.25, 0.3) is 0 Å². The lowest BCUT2D eigenvalue weighted by Crippen LogP contribution is -2.47. The molecule has 2 amide bonds. The maximum absolute atomic E-state index is 11.6. The molecular formula is C11H19N3O6. The number of nitrogens with one attached hydrogen (secondary N) is 2. The van der Waals surface area contributed by atoms with Crippen molar-refractivity contribution in [3.05, 3.63) is 0 Å². The van der Waals surface area contributed by atoms with Crippen LogP contribution in [0, 0.1) is 0 Å². The average molecular weight is 289 g/mol. The zero-order valence-electron chi connectivity index (χ0n) is 11.1. The first-order valence-corrected chi connectivity index (χ1v) is 6.05. The van der Waals surface area contributed by atoms with E-state index in [1.54, 1.807) is 6.92 Å². The van der Waals surface area contributed by atoms with Gasteiger partial charge in [0.2, 0.25) is 11.8 Å². The van der Waals surface area contributed by atoms with Gasteiger partial charge in [0.05, 0.1) is 0 Å². The first-order chi connectivity index (χ1) is 9.27. The number of carbonyl (C=O) groups is 4. The van der Waals surface area contributed by atoms with Gasteiger partial charge in [0, 0.05) is 6.42 Å². The third-order valence-corrected chi connectivity index (χ3v) is 2.47. The molecule has 0 aliphatic carbocycles. The van der Waals surface area contributed by atoms with Crippen LogP contribution in [-0.2, 0) is 19.2 Å². The molecule has 20 heavy (non-hydrogen) atoms. The van der Waals surface area contributed by atoms with Crippen LogP contribution in [0.15, 0.2) is 0 Å². The Labute approximate surface area is 115 Å². The molecule has 0 aliphatic heterocycles. The van der Waals surface area contributed by atoms with Crippen LogP contribution in [0.1, 0.15) is 26.2 Å².